The van der Waals surface area contributed by atoms with Crippen LogP contribution in [-0.4, -0.2) is 11.7 Å². The summed E-state index contributed by atoms with van der Waals surface area (Å²) in [6, 6.07) is 0. The predicted molar refractivity (Wildman–Crippen MR) is 34.7 cm³/mol. The topological polar surface area (TPSA) is 58.0 Å². The predicted octanol–water partition coefficient (Wildman–Crippen LogP) is -0.386. The van der Waals surface area contributed by atoms with E-state index in [1.807, 2.05) is 0 Å². The van der Waals surface area contributed by atoms with Crippen LogP contribution in [0.2, 0.25) is 0 Å². The van der Waals surface area contributed by atoms with E-state index < -0.39 is 18.5 Å². The van der Waals surface area contributed by atoms with Gasteiger partial charge in [0.05, 0.1) is 12.1 Å². The zero-order valence-electron chi connectivity index (χ0n) is 8.10. The zero-order chi connectivity index (χ0) is 9.64. The molecule has 1 atom stereocenters. The van der Waals surface area contributed by atoms with E-state index in [9.17, 15) is 4.79 Å². The molecule has 2 heterocycles. The van der Waals surface area contributed by atoms with Gasteiger partial charge in [-0.3, -0.25) is 4.79 Å². The summed E-state index contributed by atoms with van der Waals surface area (Å²) in [5.74, 6) is 0.249. The van der Waals surface area contributed by atoms with E-state index in [1.165, 1.54) is 0 Å². The van der Waals surface area contributed by atoms with Gasteiger partial charge in [0.1, 0.15) is 0 Å². The first-order valence-corrected chi connectivity index (χ1v) is 2.90. The molecule has 0 saturated carbocycles. The largest absolute Gasteiger partial charge is 0.382 e. The van der Waals surface area contributed by atoms with E-state index in [0.29, 0.717) is 0 Å². The molecule has 2 rings (SSSR count). The number of nitrogens with one attached hydrogen (secondary N) is 2. The number of aromatic nitrogens is 1. The van der Waals surface area contributed by atoms with Gasteiger partial charge < -0.3 is 9.84 Å². The van der Waals surface area contributed by atoms with Gasteiger partial charge in [-0.25, -0.2) is 0 Å². The van der Waals surface area contributed by atoms with E-state index in [0.717, 1.165) is 0 Å². The summed E-state index contributed by atoms with van der Waals surface area (Å²) in [6.45, 7) is -0.916. The number of H-pyrrole nitrogens is 1. The number of hydrogen-bond acceptors (Lipinski definition) is 3. The highest BCUT2D eigenvalue weighted by Gasteiger charge is 2.15. The van der Waals surface area contributed by atoms with Gasteiger partial charge in [-0.1, -0.05) is 0 Å². The Hall–Kier alpha value is -1.03. The molecular formula is C6H8N2O2. The van der Waals surface area contributed by atoms with E-state index in [1.54, 1.807) is 0 Å². The van der Waals surface area contributed by atoms with Gasteiger partial charge >= 0.3 is 0 Å². The zero-order valence-corrected chi connectivity index (χ0v) is 5.10. The third-order valence-corrected chi connectivity index (χ3v) is 1.35. The first-order chi connectivity index (χ1) is 6.03. The van der Waals surface area contributed by atoms with Gasteiger partial charge in [-0.15, -0.1) is 0 Å². The Morgan fingerprint density at radius 1 is 1.70 bits per heavy atom. The van der Waals surface area contributed by atoms with Gasteiger partial charge in [0.2, 0.25) is 0 Å². The van der Waals surface area contributed by atoms with Crippen molar-refractivity contribution in [3.8, 4) is 0 Å². The summed E-state index contributed by atoms with van der Waals surface area (Å²) in [5, 5.41) is 4.64. The number of fused-ring (bicyclic) bond motifs is 1. The lowest BCUT2D eigenvalue weighted by Gasteiger charge is -2.07. The Morgan fingerprint density at radius 2 is 2.60 bits per heavy atom. The minimum atomic E-state index is -1.99. The Kier molecular flexibility index (Phi) is 0.672. The maximum Gasteiger partial charge on any atom is 0.283 e. The number of hydrogen-bond donors (Lipinski definition) is 2. The molecule has 1 aliphatic heterocycles. The molecule has 0 amide bonds. The van der Waals surface area contributed by atoms with E-state index in [-0.39, 0.29) is 17.9 Å². The maximum atomic E-state index is 11.1. The lowest BCUT2D eigenvalue weighted by Crippen LogP contribution is -2.25. The quantitative estimate of drug-likeness (QED) is 0.520. The van der Waals surface area contributed by atoms with E-state index in [4.69, 9.17) is 8.64 Å². The van der Waals surface area contributed by atoms with Crippen molar-refractivity contribution in [3.05, 3.63) is 21.7 Å². The molecule has 0 bridgehead atoms. The van der Waals surface area contributed by atoms with Gasteiger partial charge in [-0.2, -0.15) is 5.16 Å². The van der Waals surface area contributed by atoms with Crippen LogP contribution in [0.25, 0.3) is 0 Å². The second kappa shape index (κ2) is 1.98. The maximum absolute atomic E-state index is 11.1. The summed E-state index contributed by atoms with van der Waals surface area (Å²) in [4.78, 5) is 11.1. The molecule has 0 radical (unpaired) electrons. The summed E-state index contributed by atoms with van der Waals surface area (Å²) in [6.07, 6.45) is -1.99. The highest BCUT2D eigenvalue weighted by Crippen LogP contribution is 2.06. The number of rotatable bonds is 0. The van der Waals surface area contributed by atoms with Crippen LogP contribution in [0.1, 0.15) is 15.4 Å². The monoisotopic (exact) mass is 143 g/mol. The van der Waals surface area contributed by atoms with Crippen LogP contribution in [0.4, 0.5) is 0 Å². The lowest BCUT2D eigenvalue weighted by molar-refractivity contribution is 0.362. The summed E-state index contributed by atoms with van der Waals surface area (Å²) in [5.41, 5.74) is -0.648. The molecule has 0 saturated heterocycles. The van der Waals surface area contributed by atoms with Crippen LogP contribution < -0.4 is 10.9 Å². The van der Waals surface area contributed by atoms with Gasteiger partial charge in [0.25, 0.3) is 5.56 Å². The molecule has 10 heavy (non-hydrogen) atoms. The fourth-order valence-electron chi connectivity index (χ4n) is 0.874. The molecule has 0 spiro atoms. The molecule has 1 aromatic rings. The molecule has 1 aliphatic rings. The molecule has 0 fully saturated rings. The SMILES string of the molecule is [2H]C1NCc2o[nH]c(=O)c2C1([2H])[2H]. The van der Waals surface area contributed by atoms with Crippen molar-refractivity contribution >= 4 is 0 Å². The molecule has 0 aliphatic carbocycles. The molecule has 4 heteroatoms. The van der Waals surface area contributed by atoms with Crippen molar-refractivity contribution in [2.24, 2.45) is 0 Å². The highest BCUT2D eigenvalue weighted by molar-refractivity contribution is 5.16. The molecule has 1 aromatic heterocycles. The summed E-state index contributed by atoms with van der Waals surface area (Å²) >= 11 is 0. The van der Waals surface area contributed by atoms with Gasteiger partial charge in [0.15, 0.2) is 5.76 Å². The Bertz CT molecular complexity index is 383. The molecular weight excluding hydrogens is 132 g/mol. The van der Waals surface area contributed by atoms with Crippen LogP contribution in [-0.2, 0) is 12.9 Å². The van der Waals surface area contributed by atoms with Gasteiger partial charge in [-0.05, 0) is 12.9 Å². The standard InChI is InChI=1S/C6H8N2O2/c9-6-4-1-2-7-3-5(4)10-8-6/h7H,1-3H2,(H,8,9)/i1D2,2D. The Balaban J connectivity index is 2.63. The smallest absolute Gasteiger partial charge is 0.283 e. The van der Waals surface area contributed by atoms with Crippen molar-refractivity contribution in [3.63, 3.8) is 0 Å². The number of aromatic amines is 1. The van der Waals surface area contributed by atoms with Crippen molar-refractivity contribution in [2.45, 2.75) is 12.9 Å². The first-order valence-electron chi connectivity index (χ1n) is 4.47. The second-order valence-electron chi connectivity index (χ2n) is 2.00. The fourth-order valence-corrected chi connectivity index (χ4v) is 0.874. The normalized spacial score (nSPS) is 33.6. The van der Waals surface area contributed by atoms with Crippen molar-refractivity contribution in [1.82, 2.24) is 10.5 Å². The van der Waals surface area contributed by atoms with Crippen molar-refractivity contribution in [1.29, 1.82) is 0 Å². The molecule has 4 nitrogen and oxygen atoms in total. The van der Waals surface area contributed by atoms with E-state index in [2.05, 4.69) is 10.5 Å². The third kappa shape index (κ3) is 0.690. The minimum Gasteiger partial charge on any atom is -0.382 e. The van der Waals surface area contributed by atoms with Gasteiger partial charge in [0, 0.05) is 4.11 Å². The van der Waals surface area contributed by atoms with E-state index >= 15 is 0 Å². The molecule has 0 aromatic carbocycles. The van der Waals surface area contributed by atoms with Crippen molar-refractivity contribution in [2.75, 3.05) is 6.52 Å². The third-order valence-electron chi connectivity index (χ3n) is 1.35. The first kappa shape index (κ1) is 3.39. The van der Waals surface area contributed by atoms with Crippen molar-refractivity contribution < 1.29 is 8.64 Å². The summed E-state index contributed by atoms with van der Waals surface area (Å²) < 4.78 is 27.1. The van der Waals surface area contributed by atoms with Crippen LogP contribution in [0, 0.1) is 0 Å². The van der Waals surface area contributed by atoms with Crippen LogP contribution >= 0.6 is 0 Å². The molecule has 2 N–H and O–H groups in total. The second-order valence-corrected chi connectivity index (χ2v) is 2.00. The fraction of sp³-hybridized carbons (Fsp3) is 0.500. The summed E-state index contributed by atoms with van der Waals surface area (Å²) in [7, 11) is 0. The van der Waals surface area contributed by atoms with Crippen LogP contribution in [0.5, 0.6) is 0 Å². The Morgan fingerprint density at radius 3 is 3.50 bits per heavy atom. The average molecular weight is 143 g/mol. The lowest BCUT2D eigenvalue weighted by atomic mass is 10.1. The van der Waals surface area contributed by atoms with Crippen LogP contribution in [0.3, 0.4) is 0 Å². The van der Waals surface area contributed by atoms with Crippen LogP contribution in [0.15, 0.2) is 9.32 Å². The average Bonchev–Trinajstić information content (AvgIpc) is 2.41. The molecule has 1 unspecified atom stereocenters. The highest BCUT2D eigenvalue weighted by atomic mass is 16.5. The Labute approximate surface area is 61.4 Å². The minimum absolute atomic E-state index is 0.0637. The molecule has 54 valence electrons.